The standard InChI is InChI=1S/C64H119NO18/c1-3-5-7-9-11-13-14-15-16-17-18-19-20-21-22-23-24-25-26-27-28-29-30-31-32-34-35-37-39-41-48(69)47(65-52(70)42-40-38-36-33-12-10-8-6-4-2)46-78-62-58(76)55(73)60(50(44-67)80-62)83-64-59(77)56(74)61(51(45-68)81-64)82-63-57(75)54(72)53(71)49(43-66)79-63/h32,34,39,41,47-51,53-64,66-69,71-77H,3-31,33,35-38,40,42-46H2,1-2H3,(H,65,70)/b34-32+,41-39+. The lowest BCUT2D eigenvalue weighted by Crippen LogP contribution is -2.66. The molecule has 0 radical (unpaired) electrons. The molecule has 0 aromatic carbocycles. The Morgan fingerprint density at radius 3 is 1.20 bits per heavy atom. The maximum atomic E-state index is 13.2. The highest BCUT2D eigenvalue weighted by Gasteiger charge is 2.53. The van der Waals surface area contributed by atoms with Gasteiger partial charge in [-0.1, -0.05) is 231 Å². The van der Waals surface area contributed by atoms with Crippen molar-refractivity contribution in [2.75, 3.05) is 26.4 Å². The van der Waals surface area contributed by atoms with E-state index in [0.29, 0.717) is 12.8 Å². The Hall–Kier alpha value is -1.73. The Morgan fingerprint density at radius 2 is 0.771 bits per heavy atom. The van der Waals surface area contributed by atoms with Crippen molar-refractivity contribution in [3.63, 3.8) is 0 Å². The molecule has 0 aliphatic carbocycles. The molecule has 12 N–H and O–H groups in total. The van der Waals surface area contributed by atoms with Gasteiger partial charge in [-0.25, -0.2) is 0 Å². The fraction of sp³-hybridized carbons (Fsp3) is 0.922. The molecule has 1 amide bonds. The molecule has 3 heterocycles. The highest BCUT2D eigenvalue weighted by atomic mass is 16.8. The van der Waals surface area contributed by atoms with Crippen LogP contribution in [0, 0.1) is 0 Å². The van der Waals surface area contributed by atoms with E-state index >= 15 is 0 Å². The summed E-state index contributed by atoms with van der Waals surface area (Å²) in [5.74, 6) is -0.287. The molecule has 0 aromatic rings. The quantitative estimate of drug-likeness (QED) is 0.0207. The van der Waals surface area contributed by atoms with Gasteiger partial charge in [-0.05, 0) is 32.1 Å². The molecule has 3 rings (SSSR count). The van der Waals surface area contributed by atoms with Gasteiger partial charge < -0.3 is 89.9 Å². The summed E-state index contributed by atoms with van der Waals surface area (Å²) in [5, 5.41) is 120. The molecule has 3 aliphatic heterocycles. The number of rotatable bonds is 50. The van der Waals surface area contributed by atoms with Crippen molar-refractivity contribution in [1.82, 2.24) is 5.32 Å². The van der Waals surface area contributed by atoms with Crippen LogP contribution in [-0.2, 0) is 33.2 Å². The summed E-state index contributed by atoms with van der Waals surface area (Å²) in [6.07, 6.45) is 24.9. The van der Waals surface area contributed by atoms with Gasteiger partial charge in [-0.15, -0.1) is 0 Å². The van der Waals surface area contributed by atoms with Crippen LogP contribution < -0.4 is 5.32 Å². The summed E-state index contributed by atoms with van der Waals surface area (Å²) in [6, 6.07) is -0.984. The van der Waals surface area contributed by atoms with Crippen LogP contribution in [0.3, 0.4) is 0 Å². The maximum Gasteiger partial charge on any atom is 0.220 e. The van der Waals surface area contributed by atoms with Gasteiger partial charge in [0.1, 0.15) is 73.2 Å². The number of ether oxygens (including phenoxy) is 6. The van der Waals surface area contributed by atoms with Crippen LogP contribution in [-0.4, -0.2) is 193 Å². The Labute approximate surface area is 498 Å². The molecule has 17 atom stereocenters. The zero-order valence-electron chi connectivity index (χ0n) is 51.2. The van der Waals surface area contributed by atoms with Crippen molar-refractivity contribution in [3.05, 3.63) is 24.3 Å². The van der Waals surface area contributed by atoms with Crippen molar-refractivity contribution in [1.29, 1.82) is 0 Å². The largest absolute Gasteiger partial charge is 0.394 e. The van der Waals surface area contributed by atoms with Crippen LogP contribution in [0.15, 0.2) is 24.3 Å². The molecule has 0 aromatic heterocycles. The Bertz CT molecular complexity index is 1610. The number of aliphatic hydroxyl groups excluding tert-OH is 11. The van der Waals surface area contributed by atoms with Gasteiger partial charge in [0.15, 0.2) is 18.9 Å². The summed E-state index contributed by atoms with van der Waals surface area (Å²) in [4.78, 5) is 13.2. The minimum absolute atomic E-state index is 0.238. The fourth-order valence-corrected chi connectivity index (χ4v) is 11.3. The van der Waals surface area contributed by atoms with E-state index in [1.54, 1.807) is 6.08 Å². The van der Waals surface area contributed by atoms with Gasteiger partial charge in [0.2, 0.25) is 5.91 Å². The molecule has 3 fully saturated rings. The van der Waals surface area contributed by atoms with Crippen molar-refractivity contribution in [3.8, 4) is 0 Å². The predicted octanol–water partition coefficient (Wildman–Crippen LogP) is 7.49. The normalized spacial score (nSPS) is 29.5. The number of hydrogen-bond acceptors (Lipinski definition) is 18. The first-order valence-electron chi connectivity index (χ1n) is 33.1. The zero-order valence-corrected chi connectivity index (χ0v) is 51.2. The second-order valence-electron chi connectivity index (χ2n) is 23.9. The summed E-state index contributed by atoms with van der Waals surface area (Å²) in [6.45, 7) is 1.69. The van der Waals surface area contributed by atoms with E-state index in [1.165, 1.54) is 173 Å². The van der Waals surface area contributed by atoms with Gasteiger partial charge in [0, 0.05) is 6.42 Å². The number of carbonyl (C=O) groups is 1. The lowest BCUT2D eigenvalue weighted by atomic mass is 9.96. The zero-order chi connectivity index (χ0) is 60.5. The highest BCUT2D eigenvalue weighted by molar-refractivity contribution is 5.76. The fourth-order valence-electron chi connectivity index (χ4n) is 11.3. The second-order valence-corrected chi connectivity index (χ2v) is 23.9. The van der Waals surface area contributed by atoms with Crippen LogP contribution in [0.5, 0.6) is 0 Å². The third-order valence-electron chi connectivity index (χ3n) is 16.8. The molecule has 0 spiro atoms. The molecule has 3 saturated heterocycles. The van der Waals surface area contributed by atoms with Crippen LogP contribution >= 0.6 is 0 Å². The average molecular weight is 1190 g/mol. The lowest BCUT2D eigenvalue weighted by molar-refractivity contribution is -0.379. The number of allylic oxidation sites excluding steroid dienone is 3. The minimum atomic E-state index is -1.98. The molecule has 3 aliphatic rings. The van der Waals surface area contributed by atoms with E-state index in [4.69, 9.17) is 28.4 Å². The number of carbonyl (C=O) groups excluding carboxylic acids is 1. The highest BCUT2D eigenvalue weighted by Crippen LogP contribution is 2.33. The van der Waals surface area contributed by atoms with E-state index < -0.39 is 124 Å². The second kappa shape index (κ2) is 47.3. The number of aliphatic hydroxyl groups is 11. The maximum absolute atomic E-state index is 13.2. The van der Waals surface area contributed by atoms with Crippen LogP contribution in [0.25, 0.3) is 0 Å². The number of hydrogen-bond donors (Lipinski definition) is 12. The smallest absolute Gasteiger partial charge is 0.220 e. The van der Waals surface area contributed by atoms with E-state index in [-0.39, 0.29) is 18.9 Å². The SMILES string of the molecule is CCCCCCCCCCCCCCCCCCCCCCCCC/C=C/CC/C=C/C(O)C(COC1OC(CO)C(OC2OC(CO)C(OC3OC(CO)C(O)C(O)C3O)C(O)C2O)C(O)C1O)NC(=O)CCCCCCCCCCC. The predicted molar refractivity (Wildman–Crippen MR) is 319 cm³/mol. The molecular weight excluding hydrogens is 1070 g/mol. The molecule has 0 saturated carbocycles. The third-order valence-corrected chi connectivity index (χ3v) is 16.8. The van der Waals surface area contributed by atoms with Gasteiger partial charge in [0.25, 0.3) is 0 Å². The molecular formula is C64H119NO18. The first-order chi connectivity index (χ1) is 40.3. The Kier molecular flexibility index (Phi) is 43.0. The Balaban J connectivity index is 1.40. The van der Waals surface area contributed by atoms with E-state index in [1.807, 2.05) is 6.08 Å². The van der Waals surface area contributed by atoms with Crippen molar-refractivity contribution in [2.45, 2.75) is 349 Å². The molecule has 17 unspecified atom stereocenters. The molecule has 83 heavy (non-hydrogen) atoms. The van der Waals surface area contributed by atoms with Crippen molar-refractivity contribution in [2.24, 2.45) is 0 Å². The third kappa shape index (κ3) is 30.4. The molecule has 0 bridgehead atoms. The average Bonchev–Trinajstić information content (AvgIpc) is 3.32. The van der Waals surface area contributed by atoms with E-state index in [0.717, 1.165) is 38.5 Å². The first kappa shape index (κ1) is 75.5. The monoisotopic (exact) mass is 1190 g/mol. The summed E-state index contributed by atoms with van der Waals surface area (Å²) < 4.78 is 34.2. The van der Waals surface area contributed by atoms with Gasteiger partial charge in [-0.3, -0.25) is 4.79 Å². The van der Waals surface area contributed by atoms with E-state index in [2.05, 4.69) is 31.3 Å². The van der Waals surface area contributed by atoms with Crippen LogP contribution in [0.4, 0.5) is 0 Å². The summed E-state index contributed by atoms with van der Waals surface area (Å²) in [5.41, 5.74) is 0. The summed E-state index contributed by atoms with van der Waals surface area (Å²) >= 11 is 0. The van der Waals surface area contributed by atoms with E-state index in [9.17, 15) is 61.0 Å². The van der Waals surface area contributed by atoms with Gasteiger partial charge >= 0.3 is 0 Å². The van der Waals surface area contributed by atoms with Crippen molar-refractivity contribution >= 4 is 5.91 Å². The van der Waals surface area contributed by atoms with Crippen LogP contribution in [0.1, 0.15) is 245 Å². The number of nitrogens with one attached hydrogen (secondary N) is 1. The number of amides is 1. The first-order valence-corrected chi connectivity index (χ1v) is 33.1. The number of unbranched alkanes of at least 4 members (excludes halogenated alkanes) is 32. The Morgan fingerprint density at radius 1 is 0.422 bits per heavy atom. The van der Waals surface area contributed by atoms with Gasteiger partial charge in [-0.2, -0.15) is 0 Å². The minimum Gasteiger partial charge on any atom is -0.394 e. The topological polar surface area (TPSA) is 307 Å². The molecule has 19 heteroatoms. The van der Waals surface area contributed by atoms with Gasteiger partial charge in [0.05, 0.1) is 38.6 Å². The molecule has 488 valence electrons. The van der Waals surface area contributed by atoms with Crippen molar-refractivity contribution < 1.29 is 89.4 Å². The van der Waals surface area contributed by atoms with Crippen LogP contribution in [0.2, 0.25) is 0 Å². The summed E-state index contributed by atoms with van der Waals surface area (Å²) in [7, 11) is 0. The lowest BCUT2D eigenvalue weighted by Gasteiger charge is -2.48. The molecule has 19 nitrogen and oxygen atoms in total.